The van der Waals surface area contributed by atoms with Gasteiger partial charge in [-0.05, 0) is 38.5 Å². The highest BCUT2D eigenvalue weighted by Gasteiger charge is 2.01. The smallest absolute Gasteiger partial charge is 0.130 e. The average molecular weight is 260 g/mol. The fourth-order valence-electron chi connectivity index (χ4n) is 1.65. The number of hydrogen-bond acceptors (Lipinski definition) is 3. The summed E-state index contributed by atoms with van der Waals surface area (Å²) in [4.78, 5) is 10.3. The minimum absolute atomic E-state index is 0.138. The molecule has 1 unspecified atom stereocenters. The van der Waals surface area contributed by atoms with Gasteiger partial charge in [0, 0.05) is 13.0 Å². The lowest BCUT2D eigenvalue weighted by Crippen LogP contribution is -2.05. The van der Waals surface area contributed by atoms with E-state index in [9.17, 15) is 9.90 Å². The van der Waals surface area contributed by atoms with Crippen molar-refractivity contribution in [3.05, 3.63) is 0 Å². The van der Waals surface area contributed by atoms with Crippen LogP contribution < -0.4 is 0 Å². The Morgan fingerprint density at radius 1 is 1.11 bits per heavy atom. The van der Waals surface area contributed by atoms with Crippen LogP contribution >= 0.6 is 0 Å². The molecule has 0 amide bonds. The fourth-order valence-corrected chi connectivity index (χ4v) is 1.65. The van der Waals surface area contributed by atoms with Crippen LogP contribution in [-0.4, -0.2) is 28.7 Å². The van der Waals surface area contributed by atoms with Gasteiger partial charge in [0.2, 0.25) is 0 Å². The van der Waals surface area contributed by atoms with E-state index in [4.69, 9.17) is 5.11 Å². The molecule has 0 aromatic rings. The highest BCUT2D eigenvalue weighted by molar-refractivity contribution is 5.75. The summed E-state index contributed by atoms with van der Waals surface area (Å²) in [5.41, 5.74) is 0. The Morgan fingerprint density at radius 2 is 1.67 bits per heavy atom. The summed E-state index contributed by atoms with van der Waals surface area (Å²) in [5.74, 6) is 0.813. The molecule has 0 bridgehead atoms. The SMILES string of the molecule is CC(=O)CC(C)C.CCCCC(O)CCCCO. The first kappa shape index (κ1) is 19.9. The maximum Gasteiger partial charge on any atom is 0.130 e. The van der Waals surface area contributed by atoms with Crippen molar-refractivity contribution in [3.63, 3.8) is 0 Å². The average Bonchev–Trinajstić information content (AvgIpc) is 2.25. The zero-order chi connectivity index (χ0) is 14.4. The minimum Gasteiger partial charge on any atom is -0.396 e. The van der Waals surface area contributed by atoms with Crippen molar-refractivity contribution in [1.29, 1.82) is 0 Å². The molecule has 0 aliphatic carbocycles. The van der Waals surface area contributed by atoms with Gasteiger partial charge < -0.3 is 15.0 Å². The van der Waals surface area contributed by atoms with E-state index in [1.807, 2.05) is 13.8 Å². The van der Waals surface area contributed by atoms with E-state index in [1.165, 1.54) is 0 Å². The summed E-state index contributed by atoms with van der Waals surface area (Å²) < 4.78 is 0. The van der Waals surface area contributed by atoms with E-state index in [1.54, 1.807) is 6.92 Å². The minimum atomic E-state index is -0.138. The van der Waals surface area contributed by atoms with E-state index in [2.05, 4.69) is 6.92 Å². The third-order valence-corrected chi connectivity index (χ3v) is 2.53. The van der Waals surface area contributed by atoms with Crippen LogP contribution in [0.25, 0.3) is 0 Å². The molecule has 1 atom stereocenters. The topological polar surface area (TPSA) is 57.5 Å². The second kappa shape index (κ2) is 14.7. The molecule has 110 valence electrons. The van der Waals surface area contributed by atoms with Gasteiger partial charge in [0.05, 0.1) is 6.10 Å². The summed E-state index contributed by atoms with van der Waals surface area (Å²) in [7, 11) is 0. The molecule has 0 aromatic heterocycles. The molecule has 0 saturated heterocycles. The van der Waals surface area contributed by atoms with Crippen LogP contribution in [0.1, 0.15) is 72.6 Å². The van der Waals surface area contributed by atoms with Crippen LogP contribution in [0.4, 0.5) is 0 Å². The molecule has 3 nitrogen and oxygen atoms in total. The van der Waals surface area contributed by atoms with Gasteiger partial charge in [0.15, 0.2) is 0 Å². The Labute approximate surface area is 113 Å². The maximum absolute atomic E-state index is 10.3. The summed E-state index contributed by atoms with van der Waals surface area (Å²) in [6.07, 6.45) is 6.38. The van der Waals surface area contributed by atoms with Crippen molar-refractivity contribution in [2.45, 2.75) is 78.7 Å². The summed E-state index contributed by atoms with van der Waals surface area (Å²) in [6.45, 7) is 8.09. The van der Waals surface area contributed by atoms with Gasteiger partial charge in [-0.1, -0.05) is 33.6 Å². The van der Waals surface area contributed by atoms with Crippen LogP contribution in [0.5, 0.6) is 0 Å². The van der Waals surface area contributed by atoms with Crippen molar-refractivity contribution in [2.24, 2.45) is 5.92 Å². The standard InChI is InChI=1S/C9H20O2.C6H12O/c1-2-3-6-9(11)7-4-5-8-10;1-5(2)4-6(3)7/h9-11H,2-8H2,1H3;5H,4H2,1-3H3. The molecule has 0 aliphatic heterocycles. The molecule has 0 rings (SSSR count). The predicted octanol–water partition coefficient (Wildman–Crippen LogP) is 3.32. The largest absolute Gasteiger partial charge is 0.396 e. The first-order valence-electron chi connectivity index (χ1n) is 7.22. The normalized spacial score (nSPS) is 11.9. The number of ketones is 1. The lowest BCUT2D eigenvalue weighted by atomic mass is 10.1. The van der Waals surface area contributed by atoms with E-state index in [0.29, 0.717) is 5.92 Å². The second-order valence-electron chi connectivity index (χ2n) is 5.32. The number of aliphatic hydroxyl groups excluding tert-OH is 2. The maximum atomic E-state index is 10.3. The van der Waals surface area contributed by atoms with Gasteiger partial charge >= 0.3 is 0 Å². The highest BCUT2D eigenvalue weighted by Crippen LogP contribution is 2.07. The molecule has 0 saturated carbocycles. The van der Waals surface area contributed by atoms with Crippen LogP contribution in [0, 0.1) is 5.92 Å². The third kappa shape index (κ3) is 20.9. The van der Waals surface area contributed by atoms with E-state index in [-0.39, 0.29) is 18.5 Å². The number of aliphatic hydroxyl groups is 2. The van der Waals surface area contributed by atoms with Crippen LogP contribution in [0.3, 0.4) is 0 Å². The van der Waals surface area contributed by atoms with E-state index in [0.717, 1.165) is 44.9 Å². The quantitative estimate of drug-likeness (QED) is 0.625. The van der Waals surface area contributed by atoms with Crippen molar-refractivity contribution in [2.75, 3.05) is 6.61 Å². The van der Waals surface area contributed by atoms with E-state index < -0.39 is 0 Å². The van der Waals surface area contributed by atoms with Gasteiger partial charge in [-0.2, -0.15) is 0 Å². The van der Waals surface area contributed by atoms with Crippen LogP contribution in [0.2, 0.25) is 0 Å². The van der Waals surface area contributed by atoms with Gasteiger partial charge in [-0.15, -0.1) is 0 Å². The number of rotatable bonds is 9. The number of carbonyl (C=O) groups excluding carboxylic acids is 1. The monoisotopic (exact) mass is 260 g/mol. The summed E-state index contributed by atoms with van der Waals surface area (Å²) in [5, 5.41) is 17.8. The Balaban J connectivity index is 0. The molecule has 0 heterocycles. The Bertz CT molecular complexity index is 179. The Hall–Kier alpha value is -0.410. The molecule has 0 radical (unpaired) electrons. The van der Waals surface area contributed by atoms with Gasteiger partial charge in [0.1, 0.15) is 5.78 Å². The number of unbranched alkanes of at least 4 members (excludes halogenated alkanes) is 2. The molecule has 18 heavy (non-hydrogen) atoms. The molecular formula is C15H32O3. The summed E-state index contributed by atoms with van der Waals surface area (Å²) in [6, 6.07) is 0. The lowest BCUT2D eigenvalue weighted by molar-refractivity contribution is -0.117. The zero-order valence-corrected chi connectivity index (χ0v) is 12.6. The summed E-state index contributed by atoms with van der Waals surface area (Å²) >= 11 is 0. The van der Waals surface area contributed by atoms with Crippen molar-refractivity contribution in [3.8, 4) is 0 Å². The number of Topliss-reactive ketones (excluding diaryl/α,β-unsaturated/α-hetero) is 1. The van der Waals surface area contributed by atoms with Crippen molar-refractivity contribution in [1.82, 2.24) is 0 Å². The third-order valence-electron chi connectivity index (χ3n) is 2.53. The van der Waals surface area contributed by atoms with Gasteiger partial charge in [-0.3, -0.25) is 0 Å². The molecular weight excluding hydrogens is 228 g/mol. The molecule has 0 spiro atoms. The number of hydrogen-bond donors (Lipinski definition) is 2. The highest BCUT2D eigenvalue weighted by atomic mass is 16.3. The molecule has 0 fully saturated rings. The molecule has 0 aromatic carbocycles. The second-order valence-corrected chi connectivity index (χ2v) is 5.32. The predicted molar refractivity (Wildman–Crippen MR) is 76.6 cm³/mol. The first-order chi connectivity index (χ1) is 8.43. The Kier molecular flexibility index (Phi) is 16.2. The van der Waals surface area contributed by atoms with Crippen molar-refractivity contribution >= 4 is 5.78 Å². The van der Waals surface area contributed by atoms with Gasteiger partial charge in [-0.25, -0.2) is 0 Å². The number of carbonyl (C=O) groups is 1. The zero-order valence-electron chi connectivity index (χ0n) is 12.6. The van der Waals surface area contributed by atoms with Gasteiger partial charge in [0.25, 0.3) is 0 Å². The molecule has 2 N–H and O–H groups in total. The van der Waals surface area contributed by atoms with E-state index >= 15 is 0 Å². The molecule has 3 heteroatoms. The van der Waals surface area contributed by atoms with Crippen LogP contribution in [-0.2, 0) is 4.79 Å². The van der Waals surface area contributed by atoms with Crippen LogP contribution in [0.15, 0.2) is 0 Å². The lowest BCUT2D eigenvalue weighted by Gasteiger charge is -2.08. The van der Waals surface area contributed by atoms with Crippen molar-refractivity contribution < 1.29 is 15.0 Å². The molecule has 0 aliphatic rings. The Morgan fingerprint density at radius 3 is 2.00 bits per heavy atom. The fraction of sp³-hybridized carbons (Fsp3) is 0.933. The first-order valence-corrected chi connectivity index (χ1v) is 7.22.